The maximum Gasteiger partial charge on any atom is 0.405 e. The van der Waals surface area contributed by atoms with E-state index in [4.69, 9.17) is 5.73 Å². The molecule has 0 saturated carbocycles. The van der Waals surface area contributed by atoms with Gasteiger partial charge in [0.25, 0.3) is 0 Å². The maximum atomic E-state index is 10.0. The summed E-state index contributed by atoms with van der Waals surface area (Å²) < 4.78 is 4.58. The van der Waals surface area contributed by atoms with Gasteiger partial charge in [-0.2, -0.15) is 0 Å². The second kappa shape index (κ2) is 5.32. The molecule has 0 aliphatic heterocycles. The van der Waals surface area contributed by atoms with Gasteiger partial charge in [-0.3, -0.25) is 0 Å². The van der Waals surface area contributed by atoms with Crippen LogP contribution < -0.4 is 11.9 Å². The minimum absolute atomic E-state index is 0. The Bertz CT molecular complexity index is 100. The smallest absolute Gasteiger partial charge is 0.405 e. The molecule has 5 N–H and O–H groups in total. The number of carbonyl (C=O) groups is 1. The number of halogens is 1. The zero-order chi connectivity index (χ0) is 6.78. The normalized spacial score (nSPS) is 8.70. The lowest BCUT2D eigenvalue weighted by Gasteiger charge is -2.16. The minimum atomic E-state index is -0.725. The van der Waals surface area contributed by atoms with E-state index in [1.807, 2.05) is 0 Å². The van der Waals surface area contributed by atoms with E-state index < -0.39 is 11.7 Å². The number of carbonyl (C=O) groups excluding carboxylic acids is 1. The highest BCUT2D eigenvalue weighted by Gasteiger charge is 2.12. The van der Waals surface area contributed by atoms with E-state index in [0.29, 0.717) is 0 Å². The first-order valence-electron chi connectivity index (χ1n) is 2.40. The molecule has 0 unspecified atom stereocenters. The molecule has 0 spiro atoms. The Morgan fingerprint density at radius 3 is 1.70 bits per heavy atom. The summed E-state index contributed by atoms with van der Waals surface area (Å²) in [5.41, 5.74) is 4.26. The fourth-order valence-corrected chi connectivity index (χ4v) is 0.302. The predicted octanol–water partition coefficient (Wildman–Crippen LogP) is 1.46. The second-order valence-corrected chi connectivity index (χ2v) is 2.53. The van der Waals surface area contributed by atoms with Crippen LogP contribution in [0, 0.1) is 0 Å². The molecular formula is C5H15ClN2O2. The molecule has 0 aromatic rings. The minimum Gasteiger partial charge on any atom is -0.444 e. The van der Waals surface area contributed by atoms with Gasteiger partial charge in [0, 0.05) is 0 Å². The zero-order valence-corrected chi connectivity index (χ0v) is 7.33. The summed E-state index contributed by atoms with van der Waals surface area (Å²) in [4.78, 5) is 10.0. The van der Waals surface area contributed by atoms with Crippen molar-refractivity contribution in [3.63, 3.8) is 0 Å². The number of ether oxygens (including phenoxy) is 1. The third-order valence-electron chi connectivity index (χ3n) is 0.407. The average molecular weight is 171 g/mol. The van der Waals surface area contributed by atoms with E-state index >= 15 is 0 Å². The molecule has 0 bridgehead atoms. The Balaban J connectivity index is -0.000000245. The van der Waals surface area contributed by atoms with Crippen LogP contribution in [0.2, 0.25) is 0 Å². The van der Waals surface area contributed by atoms with E-state index in [2.05, 4.69) is 4.74 Å². The van der Waals surface area contributed by atoms with Crippen molar-refractivity contribution in [2.24, 2.45) is 5.73 Å². The lowest BCUT2D eigenvalue weighted by atomic mass is 10.2. The van der Waals surface area contributed by atoms with Crippen molar-refractivity contribution < 1.29 is 9.53 Å². The molecule has 64 valence electrons. The summed E-state index contributed by atoms with van der Waals surface area (Å²) in [6, 6.07) is 0. The first-order valence-corrected chi connectivity index (χ1v) is 2.40. The predicted molar refractivity (Wildman–Crippen MR) is 42.7 cm³/mol. The highest BCUT2D eigenvalue weighted by atomic mass is 35.5. The molecule has 0 rings (SSSR count). The van der Waals surface area contributed by atoms with Gasteiger partial charge in [0.1, 0.15) is 5.60 Å². The maximum absolute atomic E-state index is 10.0. The summed E-state index contributed by atoms with van der Waals surface area (Å²) in [5, 5.41) is 0. The molecule has 0 aromatic carbocycles. The Morgan fingerprint density at radius 2 is 1.70 bits per heavy atom. The Labute approximate surface area is 67.1 Å². The number of hydrogen-bond donors (Lipinski definition) is 2. The van der Waals surface area contributed by atoms with Crippen LogP contribution in [0.25, 0.3) is 0 Å². The van der Waals surface area contributed by atoms with Crippen molar-refractivity contribution in [3.8, 4) is 0 Å². The summed E-state index contributed by atoms with van der Waals surface area (Å²) in [6.45, 7) is 5.28. The summed E-state index contributed by atoms with van der Waals surface area (Å²) in [7, 11) is 0. The van der Waals surface area contributed by atoms with Crippen LogP contribution in [0.4, 0.5) is 4.79 Å². The van der Waals surface area contributed by atoms with Crippen LogP contribution in [0.3, 0.4) is 0 Å². The standard InChI is InChI=1S/C5H11NO2.ClH.H3N/c1-5(2,3)8-4(6)7;;/h1-3H3,(H2,6,7);1H;1H3. The molecule has 1 amide bonds. The van der Waals surface area contributed by atoms with Crippen LogP contribution in [0.15, 0.2) is 0 Å². The SMILES string of the molecule is CC(C)(C)OC(N)=O.Cl.N. The average Bonchev–Trinajstić information content (AvgIpc) is 1.21. The van der Waals surface area contributed by atoms with Gasteiger partial charge >= 0.3 is 6.09 Å². The summed E-state index contributed by atoms with van der Waals surface area (Å²) in [5.74, 6) is 0. The molecule has 4 nitrogen and oxygen atoms in total. The van der Waals surface area contributed by atoms with Crippen LogP contribution in [-0.2, 0) is 4.74 Å². The van der Waals surface area contributed by atoms with Crippen molar-refractivity contribution >= 4 is 18.5 Å². The lowest BCUT2D eigenvalue weighted by molar-refractivity contribution is 0.0600. The number of hydrogen-bond acceptors (Lipinski definition) is 3. The van der Waals surface area contributed by atoms with Gasteiger partial charge in [-0.05, 0) is 20.8 Å². The fraction of sp³-hybridized carbons (Fsp3) is 0.800. The van der Waals surface area contributed by atoms with Crippen LogP contribution in [0.1, 0.15) is 20.8 Å². The Hall–Kier alpha value is -0.480. The summed E-state index contributed by atoms with van der Waals surface area (Å²) >= 11 is 0. The number of nitrogens with two attached hydrogens (primary N) is 1. The third-order valence-corrected chi connectivity index (χ3v) is 0.407. The molecule has 0 saturated heterocycles. The van der Waals surface area contributed by atoms with E-state index in [0.717, 1.165) is 0 Å². The number of rotatable bonds is 0. The van der Waals surface area contributed by atoms with Gasteiger partial charge < -0.3 is 16.6 Å². The molecule has 10 heavy (non-hydrogen) atoms. The van der Waals surface area contributed by atoms with Crippen LogP contribution >= 0.6 is 12.4 Å². The molecule has 5 heteroatoms. The highest BCUT2D eigenvalue weighted by Crippen LogP contribution is 2.04. The first kappa shape index (κ1) is 16.3. The van der Waals surface area contributed by atoms with E-state index in [-0.39, 0.29) is 18.6 Å². The quantitative estimate of drug-likeness (QED) is 0.577. The van der Waals surface area contributed by atoms with Gasteiger partial charge in [-0.1, -0.05) is 0 Å². The lowest BCUT2D eigenvalue weighted by Crippen LogP contribution is -2.27. The molecule has 0 aliphatic carbocycles. The van der Waals surface area contributed by atoms with Crippen molar-refractivity contribution in [2.45, 2.75) is 26.4 Å². The Kier molecular flexibility index (Phi) is 8.64. The zero-order valence-electron chi connectivity index (χ0n) is 6.51. The fourth-order valence-electron chi connectivity index (χ4n) is 0.302. The highest BCUT2D eigenvalue weighted by molar-refractivity contribution is 5.85. The van der Waals surface area contributed by atoms with Crippen molar-refractivity contribution in [3.05, 3.63) is 0 Å². The van der Waals surface area contributed by atoms with E-state index in [9.17, 15) is 4.79 Å². The van der Waals surface area contributed by atoms with Crippen molar-refractivity contribution in [2.75, 3.05) is 0 Å². The first-order chi connectivity index (χ1) is 3.42. The summed E-state index contributed by atoms with van der Waals surface area (Å²) in [6.07, 6.45) is -0.725. The Morgan fingerprint density at radius 1 is 1.40 bits per heavy atom. The largest absolute Gasteiger partial charge is 0.444 e. The topological polar surface area (TPSA) is 87.3 Å². The third kappa shape index (κ3) is 15.6. The molecule has 0 fully saturated rings. The van der Waals surface area contributed by atoms with Gasteiger partial charge in [-0.25, -0.2) is 4.79 Å². The molecule has 0 aliphatic rings. The van der Waals surface area contributed by atoms with Gasteiger partial charge in [0.2, 0.25) is 0 Å². The monoisotopic (exact) mass is 170 g/mol. The molecular weight excluding hydrogens is 156 g/mol. The number of amides is 1. The molecule has 0 radical (unpaired) electrons. The van der Waals surface area contributed by atoms with E-state index in [1.165, 1.54) is 0 Å². The van der Waals surface area contributed by atoms with Crippen molar-refractivity contribution in [1.29, 1.82) is 0 Å². The molecule has 0 atom stereocenters. The second-order valence-electron chi connectivity index (χ2n) is 2.53. The van der Waals surface area contributed by atoms with Crippen molar-refractivity contribution in [1.82, 2.24) is 6.15 Å². The molecule has 0 heterocycles. The number of primary amides is 1. The van der Waals surface area contributed by atoms with E-state index in [1.54, 1.807) is 20.8 Å². The van der Waals surface area contributed by atoms with Gasteiger partial charge in [0.05, 0.1) is 0 Å². The van der Waals surface area contributed by atoms with Crippen LogP contribution in [0.5, 0.6) is 0 Å². The molecule has 0 aromatic heterocycles. The van der Waals surface area contributed by atoms with Gasteiger partial charge in [-0.15, -0.1) is 12.4 Å². The van der Waals surface area contributed by atoms with Gasteiger partial charge in [0.15, 0.2) is 0 Å². The van der Waals surface area contributed by atoms with Crippen LogP contribution in [-0.4, -0.2) is 11.7 Å².